The molecule has 0 aliphatic carbocycles. The second kappa shape index (κ2) is 6.36. The second-order valence-electron chi connectivity index (χ2n) is 6.13. The molecule has 2 aromatic heterocycles. The molecule has 0 saturated heterocycles. The molecule has 0 radical (unpaired) electrons. The van der Waals surface area contributed by atoms with Crippen molar-refractivity contribution in [1.82, 2.24) is 19.7 Å². The second-order valence-corrected chi connectivity index (χ2v) is 6.13. The third-order valence-corrected chi connectivity index (χ3v) is 4.34. The first-order valence-corrected chi connectivity index (χ1v) is 8.30. The van der Waals surface area contributed by atoms with Crippen molar-refractivity contribution < 1.29 is 0 Å². The molecule has 0 amide bonds. The number of rotatable bonds is 4. The van der Waals surface area contributed by atoms with Crippen LogP contribution < -0.4 is 5.73 Å². The molecule has 25 heavy (non-hydrogen) atoms. The standard InChI is InChI=1S/C20H19N5/c1-14-7-9-16(10-8-14)18-17-19(21)22-13-23-20(17)25(24-18)12-11-15-5-3-2-4-6-15/h2-10,13H,11-12H2,1H3,(H2,21,22,23). The van der Waals surface area contributed by atoms with Crippen LogP contribution >= 0.6 is 0 Å². The van der Waals surface area contributed by atoms with Crippen molar-refractivity contribution in [3.05, 3.63) is 72.1 Å². The Bertz CT molecular complexity index is 1000. The van der Waals surface area contributed by atoms with Gasteiger partial charge in [-0.1, -0.05) is 60.2 Å². The van der Waals surface area contributed by atoms with Gasteiger partial charge in [0.2, 0.25) is 0 Å². The summed E-state index contributed by atoms with van der Waals surface area (Å²) in [5.41, 5.74) is 11.3. The molecule has 2 N–H and O–H groups in total. The van der Waals surface area contributed by atoms with E-state index in [-0.39, 0.29) is 0 Å². The zero-order valence-electron chi connectivity index (χ0n) is 14.1. The number of aromatic nitrogens is 4. The summed E-state index contributed by atoms with van der Waals surface area (Å²) in [4.78, 5) is 8.58. The van der Waals surface area contributed by atoms with E-state index >= 15 is 0 Å². The molecular formula is C20H19N5. The van der Waals surface area contributed by atoms with Crippen LogP contribution in [-0.2, 0) is 13.0 Å². The molecular weight excluding hydrogens is 310 g/mol. The summed E-state index contributed by atoms with van der Waals surface area (Å²) < 4.78 is 1.93. The lowest BCUT2D eigenvalue weighted by Crippen LogP contribution is -2.04. The molecule has 0 aliphatic heterocycles. The van der Waals surface area contributed by atoms with Gasteiger partial charge < -0.3 is 5.73 Å². The summed E-state index contributed by atoms with van der Waals surface area (Å²) in [5.74, 6) is 0.464. The Morgan fingerprint density at radius 2 is 1.72 bits per heavy atom. The molecule has 0 atom stereocenters. The van der Waals surface area contributed by atoms with E-state index in [0.29, 0.717) is 5.82 Å². The van der Waals surface area contributed by atoms with Gasteiger partial charge in [-0.15, -0.1) is 0 Å². The highest BCUT2D eigenvalue weighted by molar-refractivity contribution is 5.98. The summed E-state index contributed by atoms with van der Waals surface area (Å²) in [6.07, 6.45) is 2.38. The first-order chi connectivity index (χ1) is 12.2. The lowest BCUT2D eigenvalue weighted by atomic mass is 10.1. The average Bonchev–Trinajstić information content (AvgIpc) is 3.02. The number of nitrogens with zero attached hydrogens (tertiary/aromatic N) is 4. The molecule has 0 unspecified atom stereocenters. The molecule has 0 aliphatic rings. The summed E-state index contributed by atoms with van der Waals surface area (Å²) in [6, 6.07) is 18.6. The molecule has 2 aromatic carbocycles. The largest absolute Gasteiger partial charge is 0.383 e. The van der Waals surface area contributed by atoms with Gasteiger partial charge in [0, 0.05) is 12.1 Å². The maximum atomic E-state index is 6.14. The number of fused-ring (bicyclic) bond motifs is 1. The summed E-state index contributed by atoms with van der Waals surface area (Å²) >= 11 is 0. The quantitative estimate of drug-likeness (QED) is 0.621. The number of hydrogen-bond donors (Lipinski definition) is 1. The van der Waals surface area contributed by atoms with Gasteiger partial charge in [0.05, 0.1) is 5.39 Å². The molecule has 4 rings (SSSR count). The monoisotopic (exact) mass is 329 g/mol. The van der Waals surface area contributed by atoms with Gasteiger partial charge in [0.1, 0.15) is 17.8 Å². The number of hydrogen-bond acceptors (Lipinski definition) is 4. The van der Waals surface area contributed by atoms with E-state index in [4.69, 9.17) is 10.8 Å². The first-order valence-electron chi connectivity index (χ1n) is 8.30. The maximum absolute atomic E-state index is 6.14. The minimum absolute atomic E-state index is 0.464. The number of anilines is 1. The van der Waals surface area contributed by atoms with Crippen LogP contribution in [0.2, 0.25) is 0 Å². The summed E-state index contributed by atoms with van der Waals surface area (Å²) in [7, 11) is 0. The van der Waals surface area contributed by atoms with Crippen molar-refractivity contribution in [2.75, 3.05) is 5.73 Å². The Morgan fingerprint density at radius 1 is 0.960 bits per heavy atom. The SMILES string of the molecule is Cc1ccc(-c2nn(CCc3ccccc3)c3ncnc(N)c23)cc1. The number of benzene rings is 2. The topological polar surface area (TPSA) is 69.6 Å². The van der Waals surface area contributed by atoms with Crippen LogP contribution in [0.25, 0.3) is 22.3 Å². The number of aryl methyl sites for hydroxylation is 3. The number of nitrogen functional groups attached to an aromatic ring is 1. The zero-order chi connectivity index (χ0) is 17.2. The maximum Gasteiger partial charge on any atom is 0.163 e. The molecule has 5 nitrogen and oxygen atoms in total. The molecule has 0 saturated carbocycles. The van der Waals surface area contributed by atoms with E-state index in [1.54, 1.807) is 0 Å². The predicted octanol–water partition coefficient (Wildman–Crippen LogP) is 3.63. The molecule has 0 bridgehead atoms. The lowest BCUT2D eigenvalue weighted by Gasteiger charge is -2.03. The fraction of sp³-hybridized carbons (Fsp3) is 0.150. The summed E-state index contributed by atoms with van der Waals surface area (Å²) in [6.45, 7) is 2.81. The van der Waals surface area contributed by atoms with Crippen LogP contribution in [0.4, 0.5) is 5.82 Å². The zero-order valence-corrected chi connectivity index (χ0v) is 14.1. The molecule has 0 spiro atoms. The average molecular weight is 329 g/mol. The van der Waals surface area contributed by atoms with Crippen LogP contribution in [-0.4, -0.2) is 19.7 Å². The van der Waals surface area contributed by atoms with Crippen molar-refractivity contribution in [2.45, 2.75) is 19.9 Å². The van der Waals surface area contributed by atoms with Crippen LogP contribution in [0.3, 0.4) is 0 Å². The van der Waals surface area contributed by atoms with Gasteiger partial charge >= 0.3 is 0 Å². The Kier molecular flexibility index (Phi) is 3.90. The lowest BCUT2D eigenvalue weighted by molar-refractivity contribution is 0.631. The van der Waals surface area contributed by atoms with E-state index < -0.39 is 0 Å². The molecule has 4 aromatic rings. The van der Waals surface area contributed by atoms with Gasteiger partial charge in [0.15, 0.2) is 5.65 Å². The third kappa shape index (κ3) is 2.96. The van der Waals surface area contributed by atoms with Crippen LogP contribution in [0.1, 0.15) is 11.1 Å². The molecule has 0 fully saturated rings. The predicted molar refractivity (Wildman–Crippen MR) is 100 cm³/mol. The highest BCUT2D eigenvalue weighted by atomic mass is 15.3. The Labute approximate surface area is 146 Å². The Morgan fingerprint density at radius 3 is 2.48 bits per heavy atom. The van der Waals surface area contributed by atoms with Crippen molar-refractivity contribution in [3.63, 3.8) is 0 Å². The fourth-order valence-electron chi connectivity index (χ4n) is 2.98. The highest BCUT2D eigenvalue weighted by Gasteiger charge is 2.16. The van der Waals surface area contributed by atoms with Crippen LogP contribution in [0, 0.1) is 6.92 Å². The fourth-order valence-corrected chi connectivity index (χ4v) is 2.98. The van der Waals surface area contributed by atoms with Crippen LogP contribution in [0.5, 0.6) is 0 Å². The van der Waals surface area contributed by atoms with Gasteiger partial charge in [-0.2, -0.15) is 5.10 Å². The van der Waals surface area contributed by atoms with E-state index in [2.05, 4.69) is 65.4 Å². The van der Waals surface area contributed by atoms with E-state index in [9.17, 15) is 0 Å². The third-order valence-electron chi connectivity index (χ3n) is 4.34. The van der Waals surface area contributed by atoms with Gasteiger partial charge in [-0.05, 0) is 18.9 Å². The van der Waals surface area contributed by atoms with Crippen molar-refractivity contribution in [1.29, 1.82) is 0 Å². The van der Waals surface area contributed by atoms with E-state index in [1.165, 1.54) is 17.5 Å². The molecule has 2 heterocycles. The molecule has 5 heteroatoms. The van der Waals surface area contributed by atoms with Crippen molar-refractivity contribution in [2.24, 2.45) is 0 Å². The van der Waals surface area contributed by atoms with Gasteiger partial charge in [0.25, 0.3) is 0 Å². The highest BCUT2D eigenvalue weighted by Crippen LogP contribution is 2.30. The van der Waals surface area contributed by atoms with Crippen LogP contribution in [0.15, 0.2) is 60.9 Å². The van der Waals surface area contributed by atoms with Gasteiger partial charge in [-0.3, -0.25) is 0 Å². The first kappa shape index (κ1) is 15.3. The van der Waals surface area contributed by atoms with E-state index in [0.717, 1.165) is 35.3 Å². The summed E-state index contributed by atoms with van der Waals surface area (Å²) in [5, 5.41) is 5.62. The number of nitrogens with two attached hydrogens (primary N) is 1. The minimum Gasteiger partial charge on any atom is -0.383 e. The minimum atomic E-state index is 0.464. The van der Waals surface area contributed by atoms with Crippen molar-refractivity contribution >= 4 is 16.9 Å². The Balaban J connectivity index is 1.77. The Hall–Kier alpha value is -3.21. The van der Waals surface area contributed by atoms with E-state index in [1.807, 2.05) is 10.7 Å². The van der Waals surface area contributed by atoms with Gasteiger partial charge in [-0.25, -0.2) is 14.6 Å². The van der Waals surface area contributed by atoms with Crippen molar-refractivity contribution in [3.8, 4) is 11.3 Å². The smallest absolute Gasteiger partial charge is 0.163 e. The molecule has 124 valence electrons. The normalized spacial score (nSPS) is 11.1.